The molecule has 1 aromatic carbocycles. The van der Waals surface area contributed by atoms with Crippen LogP contribution in [-0.2, 0) is 6.54 Å². The monoisotopic (exact) mass is 439 g/mol. The molecular weight excluding hydrogens is 414 g/mol. The molecular formula is C26H25N5S. The highest BCUT2D eigenvalue weighted by molar-refractivity contribution is 7.80. The van der Waals surface area contributed by atoms with Gasteiger partial charge in [0.15, 0.2) is 5.11 Å². The summed E-state index contributed by atoms with van der Waals surface area (Å²) in [6, 6.07) is 20.9. The summed E-state index contributed by atoms with van der Waals surface area (Å²) in [5.41, 5.74) is 6.97. The van der Waals surface area contributed by atoms with Gasteiger partial charge >= 0.3 is 0 Å². The lowest BCUT2D eigenvalue weighted by Crippen LogP contribution is -2.30. The van der Waals surface area contributed by atoms with Crippen LogP contribution in [0.1, 0.15) is 40.2 Å². The van der Waals surface area contributed by atoms with Crippen molar-refractivity contribution in [2.75, 3.05) is 0 Å². The zero-order chi connectivity index (χ0) is 22.1. The van der Waals surface area contributed by atoms with E-state index in [2.05, 4.69) is 87.3 Å². The molecule has 160 valence electrons. The Morgan fingerprint density at radius 2 is 1.88 bits per heavy atom. The molecule has 5 rings (SSSR count). The van der Waals surface area contributed by atoms with E-state index in [0.717, 1.165) is 22.1 Å². The van der Waals surface area contributed by atoms with Crippen LogP contribution >= 0.6 is 12.2 Å². The van der Waals surface area contributed by atoms with Crippen molar-refractivity contribution in [3.63, 3.8) is 0 Å². The van der Waals surface area contributed by atoms with E-state index in [1.54, 1.807) is 6.20 Å². The first-order valence-corrected chi connectivity index (χ1v) is 11.1. The maximum absolute atomic E-state index is 5.82. The minimum atomic E-state index is -0.0550. The van der Waals surface area contributed by atoms with Crippen LogP contribution in [0.5, 0.6) is 0 Å². The van der Waals surface area contributed by atoms with Gasteiger partial charge in [0.05, 0.1) is 17.8 Å². The first-order valence-electron chi connectivity index (χ1n) is 10.7. The van der Waals surface area contributed by atoms with Crippen molar-refractivity contribution < 1.29 is 0 Å². The van der Waals surface area contributed by atoms with Gasteiger partial charge in [0.25, 0.3) is 0 Å². The molecule has 0 spiro atoms. The van der Waals surface area contributed by atoms with Gasteiger partial charge in [-0.1, -0.05) is 18.2 Å². The Labute approximate surface area is 193 Å². The lowest BCUT2D eigenvalue weighted by atomic mass is 10.0. The summed E-state index contributed by atoms with van der Waals surface area (Å²) < 4.78 is 2.26. The van der Waals surface area contributed by atoms with Crippen LogP contribution in [0.2, 0.25) is 0 Å². The molecule has 0 amide bonds. The van der Waals surface area contributed by atoms with Crippen molar-refractivity contribution in [3.05, 3.63) is 114 Å². The van der Waals surface area contributed by atoms with E-state index in [1.807, 2.05) is 30.6 Å². The van der Waals surface area contributed by atoms with Crippen LogP contribution < -0.4 is 5.32 Å². The Bertz CT molecular complexity index is 1240. The number of aromatic nitrogens is 3. The van der Waals surface area contributed by atoms with Crippen molar-refractivity contribution in [2.24, 2.45) is 0 Å². The zero-order valence-corrected chi connectivity index (χ0v) is 19.0. The SMILES string of the molecule is Cc1ccc(-n2cccc2[C@@H]2[C@@H](c3ccccn3)NC(=S)N2Cc2cccnc2)cc1C. The minimum absolute atomic E-state index is 0.0192. The van der Waals surface area contributed by atoms with E-state index in [9.17, 15) is 0 Å². The Kier molecular flexibility index (Phi) is 5.45. The zero-order valence-electron chi connectivity index (χ0n) is 18.1. The maximum atomic E-state index is 5.82. The molecule has 0 radical (unpaired) electrons. The third-order valence-electron chi connectivity index (χ3n) is 6.13. The van der Waals surface area contributed by atoms with Gasteiger partial charge < -0.3 is 14.8 Å². The molecule has 0 unspecified atom stereocenters. The van der Waals surface area contributed by atoms with Crippen LogP contribution in [0.3, 0.4) is 0 Å². The smallest absolute Gasteiger partial charge is 0.170 e. The molecule has 0 saturated carbocycles. The molecule has 1 N–H and O–H groups in total. The summed E-state index contributed by atoms with van der Waals surface area (Å²) >= 11 is 5.82. The highest BCUT2D eigenvalue weighted by atomic mass is 32.1. The quantitative estimate of drug-likeness (QED) is 0.441. The largest absolute Gasteiger partial charge is 0.352 e. The summed E-state index contributed by atoms with van der Waals surface area (Å²) in [5.74, 6) is 0. The van der Waals surface area contributed by atoms with Gasteiger partial charge in [0, 0.05) is 42.7 Å². The Hall–Kier alpha value is -3.51. The first-order chi connectivity index (χ1) is 15.6. The standard InChI is InChI=1S/C26H25N5S/c1-18-10-11-21(15-19(18)2)30-14-6-9-23(30)25-24(22-8-3-4-13-28-22)29-26(32)31(25)17-20-7-5-12-27-16-20/h3-16,24-25H,17H2,1-2H3,(H,29,32)/t24-,25-/m1/s1. The van der Waals surface area contributed by atoms with Crippen molar-refractivity contribution in [3.8, 4) is 5.69 Å². The van der Waals surface area contributed by atoms with E-state index >= 15 is 0 Å². The molecule has 32 heavy (non-hydrogen) atoms. The van der Waals surface area contributed by atoms with Gasteiger partial charge in [-0.2, -0.15) is 0 Å². The normalized spacial score (nSPS) is 18.1. The topological polar surface area (TPSA) is 46.0 Å². The van der Waals surface area contributed by atoms with Crippen LogP contribution in [0, 0.1) is 13.8 Å². The highest BCUT2D eigenvalue weighted by Gasteiger charge is 2.41. The average molecular weight is 440 g/mol. The fraction of sp³-hybridized carbons (Fsp3) is 0.192. The van der Waals surface area contributed by atoms with E-state index in [-0.39, 0.29) is 12.1 Å². The Morgan fingerprint density at radius 1 is 0.969 bits per heavy atom. The highest BCUT2D eigenvalue weighted by Crippen LogP contribution is 2.40. The van der Waals surface area contributed by atoms with Gasteiger partial charge in [-0.05, 0) is 85.2 Å². The van der Waals surface area contributed by atoms with Gasteiger partial charge in [-0.25, -0.2) is 0 Å². The summed E-state index contributed by atoms with van der Waals surface area (Å²) in [7, 11) is 0. The van der Waals surface area contributed by atoms with Crippen LogP contribution in [0.4, 0.5) is 0 Å². The number of hydrogen-bond donors (Lipinski definition) is 1. The molecule has 2 atom stereocenters. The minimum Gasteiger partial charge on any atom is -0.352 e. The van der Waals surface area contributed by atoms with Crippen LogP contribution in [0.15, 0.2) is 85.5 Å². The number of pyridine rings is 2. The molecule has 0 aliphatic carbocycles. The predicted octanol–water partition coefficient (Wildman–Crippen LogP) is 5.06. The van der Waals surface area contributed by atoms with Gasteiger partial charge in [0.2, 0.25) is 0 Å². The maximum Gasteiger partial charge on any atom is 0.170 e. The van der Waals surface area contributed by atoms with Gasteiger partial charge in [-0.3, -0.25) is 9.97 Å². The molecule has 1 saturated heterocycles. The number of aryl methyl sites for hydroxylation is 2. The third kappa shape index (κ3) is 3.78. The molecule has 4 heterocycles. The van der Waals surface area contributed by atoms with Crippen LogP contribution in [0.25, 0.3) is 5.69 Å². The second-order valence-corrected chi connectivity index (χ2v) is 8.57. The Morgan fingerprint density at radius 3 is 2.62 bits per heavy atom. The van der Waals surface area contributed by atoms with E-state index in [0.29, 0.717) is 6.54 Å². The predicted molar refractivity (Wildman–Crippen MR) is 130 cm³/mol. The van der Waals surface area contributed by atoms with E-state index < -0.39 is 0 Å². The second kappa shape index (κ2) is 8.55. The number of nitrogens with one attached hydrogen (secondary N) is 1. The molecule has 1 aliphatic heterocycles. The lowest BCUT2D eigenvalue weighted by molar-refractivity contribution is 0.302. The lowest BCUT2D eigenvalue weighted by Gasteiger charge is -2.29. The fourth-order valence-electron chi connectivity index (χ4n) is 4.33. The van der Waals surface area contributed by atoms with Crippen molar-refractivity contribution in [1.82, 2.24) is 24.8 Å². The molecule has 0 bridgehead atoms. The molecule has 6 heteroatoms. The third-order valence-corrected chi connectivity index (χ3v) is 6.48. The second-order valence-electron chi connectivity index (χ2n) is 8.19. The molecule has 5 nitrogen and oxygen atoms in total. The first kappa shape index (κ1) is 20.4. The van der Waals surface area contributed by atoms with Crippen molar-refractivity contribution in [2.45, 2.75) is 32.5 Å². The van der Waals surface area contributed by atoms with Crippen molar-refractivity contribution >= 4 is 17.3 Å². The number of rotatable bonds is 5. The summed E-state index contributed by atoms with van der Waals surface area (Å²) in [5, 5.41) is 4.26. The summed E-state index contributed by atoms with van der Waals surface area (Å²) in [4.78, 5) is 11.2. The average Bonchev–Trinajstić information content (AvgIpc) is 3.42. The fourth-order valence-corrected chi connectivity index (χ4v) is 4.64. The van der Waals surface area contributed by atoms with Gasteiger partial charge in [0.1, 0.15) is 0 Å². The summed E-state index contributed by atoms with van der Waals surface area (Å²) in [6.07, 6.45) is 7.65. The number of benzene rings is 1. The molecule has 4 aromatic rings. The van der Waals surface area contributed by atoms with Gasteiger partial charge in [-0.15, -0.1) is 0 Å². The van der Waals surface area contributed by atoms with Crippen LogP contribution in [-0.4, -0.2) is 24.5 Å². The van der Waals surface area contributed by atoms with Crippen molar-refractivity contribution in [1.29, 1.82) is 0 Å². The molecule has 1 fully saturated rings. The van der Waals surface area contributed by atoms with E-state index in [1.165, 1.54) is 16.8 Å². The number of thiocarbonyl (C=S) groups is 1. The molecule has 3 aromatic heterocycles. The number of nitrogens with zero attached hydrogens (tertiary/aromatic N) is 4. The summed E-state index contributed by atoms with van der Waals surface area (Å²) in [6.45, 7) is 4.97. The number of hydrogen-bond acceptors (Lipinski definition) is 3. The Balaban J connectivity index is 1.61. The van der Waals surface area contributed by atoms with E-state index in [4.69, 9.17) is 12.2 Å². The molecule has 1 aliphatic rings.